The van der Waals surface area contributed by atoms with Crippen molar-refractivity contribution in [1.82, 2.24) is 5.32 Å². The van der Waals surface area contributed by atoms with Gasteiger partial charge in [-0.3, -0.25) is 4.99 Å². The van der Waals surface area contributed by atoms with Crippen LogP contribution in [0.1, 0.15) is 13.3 Å². The van der Waals surface area contributed by atoms with E-state index in [1.54, 1.807) is 0 Å². The van der Waals surface area contributed by atoms with Crippen LogP contribution >= 0.6 is 35.7 Å². The maximum Gasteiger partial charge on any atom is 0.188 e. The summed E-state index contributed by atoms with van der Waals surface area (Å²) in [6, 6.07) is 10.3. The first kappa shape index (κ1) is 16.6. The Balaban J connectivity index is 0.00000256. The van der Waals surface area contributed by atoms with Gasteiger partial charge in [-0.25, -0.2) is 0 Å². The van der Waals surface area contributed by atoms with E-state index in [1.165, 1.54) is 4.90 Å². The van der Waals surface area contributed by atoms with E-state index >= 15 is 0 Å². The van der Waals surface area contributed by atoms with Crippen LogP contribution in [0.25, 0.3) is 0 Å². The van der Waals surface area contributed by atoms with Gasteiger partial charge in [0.05, 0.1) is 0 Å². The van der Waals surface area contributed by atoms with Crippen molar-refractivity contribution in [2.75, 3.05) is 18.8 Å². The molecule has 1 rings (SSSR count). The van der Waals surface area contributed by atoms with Crippen molar-refractivity contribution < 1.29 is 0 Å². The van der Waals surface area contributed by atoms with E-state index in [-0.39, 0.29) is 24.0 Å². The minimum absolute atomic E-state index is 0. The van der Waals surface area contributed by atoms with Crippen molar-refractivity contribution >= 4 is 41.7 Å². The zero-order chi connectivity index (χ0) is 11.6. The number of benzene rings is 1. The monoisotopic (exact) mass is 365 g/mol. The zero-order valence-corrected chi connectivity index (χ0v) is 13.2. The summed E-state index contributed by atoms with van der Waals surface area (Å²) in [5.41, 5.74) is 5.67. The molecule has 0 saturated heterocycles. The molecular weight excluding hydrogens is 345 g/mol. The van der Waals surface area contributed by atoms with Gasteiger partial charge in [-0.05, 0) is 18.6 Å². The Morgan fingerprint density at radius 2 is 2.06 bits per heavy atom. The quantitative estimate of drug-likeness (QED) is 0.268. The number of rotatable bonds is 6. The van der Waals surface area contributed by atoms with E-state index in [9.17, 15) is 0 Å². The molecule has 5 heteroatoms. The SMILES string of the molecule is CCCN=C(N)NCCSc1ccccc1.I. The molecule has 0 amide bonds. The Hall–Kier alpha value is -0.430. The molecule has 0 bridgehead atoms. The van der Waals surface area contributed by atoms with Crippen LogP contribution < -0.4 is 11.1 Å². The van der Waals surface area contributed by atoms with Crippen molar-refractivity contribution in [1.29, 1.82) is 0 Å². The highest BCUT2D eigenvalue weighted by atomic mass is 127. The van der Waals surface area contributed by atoms with Crippen molar-refractivity contribution in [2.45, 2.75) is 18.2 Å². The standard InChI is InChI=1S/C12H19N3S.HI/c1-2-8-14-12(13)15-9-10-16-11-6-4-3-5-7-11;/h3-7H,2,8-10H2,1H3,(H3,13,14,15);1H. The van der Waals surface area contributed by atoms with Crippen LogP contribution in [0.3, 0.4) is 0 Å². The molecular formula is C12H20IN3S. The zero-order valence-electron chi connectivity index (χ0n) is 10.1. The van der Waals surface area contributed by atoms with Gasteiger partial charge < -0.3 is 11.1 Å². The topological polar surface area (TPSA) is 50.4 Å². The van der Waals surface area contributed by atoms with Crippen molar-refractivity contribution in [3.63, 3.8) is 0 Å². The van der Waals surface area contributed by atoms with Crippen LogP contribution in [0.2, 0.25) is 0 Å². The molecule has 0 heterocycles. The lowest BCUT2D eigenvalue weighted by atomic mass is 10.4. The first-order valence-corrected chi connectivity index (χ1v) is 6.53. The molecule has 1 aromatic rings. The number of thioether (sulfide) groups is 1. The fourth-order valence-electron chi connectivity index (χ4n) is 1.15. The van der Waals surface area contributed by atoms with Crippen LogP contribution in [0.15, 0.2) is 40.2 Å². The Kier molecular flexibility index (Phi) is 10.4. The number of nitrogens with one attached hydrogen (secondary N) is 1. The molecule has 0 spiro atoms. The third-order valence-corrected chi connectivity index (χ3v) is 2.94. The Morgan fingerprint density at radius 3 is 2.71 bits per heavy atom. The van der Waals surface area contributed by atoms with Gasteiger partial charge in [0.25, 0.3) is 0 Å². The highest BCUT2D eigenvalue weighted by Crippen LogP contribution is 2.15. The van der Waals surface area contributed by atoms with E-state index in [4.69, 9.17) is 5.73 Å². The summed E-state index contributed by atoms with van der Waals surface area (Å²) in [6.45, 7) is 3.73. The Morgan fingerprint density at radius 1 is 1.35 bits per heavy atom. The Labute approximate surface area is 125 Å². The number of hydrogen-bond acceptors (Lipinski definition) is 2. The van der Waals surface area contributed by atoms with Crippen molar-refractivity contribution in [3.05, 3.63) is 30.3 Å². The molecule has 3 nitrogen and oxygen atoms in total. The second-order valence-corrected chi connectivity index (χ2v) is 4.52. The number of halogens is 1. The molecule has 17 heavy (non-hydrogen) atoms. The molecule has 3 N–H and O–H groups in total. The highest BCUT2D eigenvalue weighted by Gasteiger charge is 1.93. The van der Waals surface area contributed by atoms with Gasteiger partial charge in [0.15, 0.2) is 5.96 Å². The van der Waals surface area contributed by atoms with E-state index in [0.29, 0.717) is 5.96 Å². The van der Waals surface area contributed by atoms with Gasteiger partial charge in [0.2, 0.25) is 0 Å². The molecule has 0 aliphatic rings. The number of aliphatic imine (C=N–C) groups is 1. The normalized spacial score (nSPS) is 10.8. The molecule has 0 aromatic heterocycles. The summed E-state index contributed by atoms with van der Waals surface area (Å²) in [7, 11) is 0. The lowest BCUT2D eigenvalue weighted by molar-refractivity contribution is 0.892. The van der Waals surface area contributed by atoms with Crippen LogP contribution in [0, 0.1) is 0 Å². The number of guanidine groups is 1. The average molecular weight is 365 g/mol. The van der Waals surface area contributed by atoms with Gasteiger partial charge in [-0.2, -0.15) is 0 Å². The Bertz CT molecular complexity index is 317. The number of hydrogen-bond donors (Lipinski definition) is 2. The minimum atomic E-state index is 0. The molecule has 0 radical (unpaired) electrons. The van der Waals surface area contributed by atoms with Gasteiger partial charge in [0, 0.05) is 23.7 Å². The first-order valence-electron chi connectivity index (χ1n) is 5.54. The minimum Gasteiger partial charge on any atom is -0.370 e. The predicted octanol–water partition coefficient (Wildman–Crippen LogP) is 2.71. The van der Waals surface area contributed by atoms with E-state index in [2.05, 4.69) is 29.4 Å². The summed E-state index contributed by atoms with van der Waals surface area (Å²) >= 11 is 1.81. The second-order valence-electron chi connectivity index (χ2n) is 3.36. The number of nitrogens with zero attached hydrogens (tertiary/aromatic N) is 1. The summed E-state index contributed by atoms with van der Waals surface area (Å²) in [4.78, 5) is 5.45. The predicted molar refractivity (Wildman–Crippen MR) is 87.4 cm³/mol. The highest BCUT2D eigenvalue weighted by molar-refractivity contribution is 14.0. The summed E-state index contributed by atoms with van der Waals surface area (Å²) in [6.07, 6.45) is 1.03. The summed E-state index contributed by atoms with van der Waals surface area (Å²) < 4.78 is 0. The van der Waals surface area contributed by atoms with Gasteiger partial charge in [-0.15, -0.1) is 35.7 Å². The largest absolute Gasteiger partial charge is 0.370 e. The first-order chi connectivity index (χ1) is 7.83. The average Bonchev–Trinajstić information content (AvgIpc) is 2.33. The van der Waals surface area contributed by atoms with Crippen LogP contribution in [-0.4, -0.2) is 24.8 Å². The maximum atomic E-state index is 5.67. The van der Waals surface area contributed by atoms with E-state index < -0.39 is 0 Å². The molecule has 0 aliphatic heterocycles. The molecule has 0 atom stereocenters. The van der Waals surface area contributed by atoms with E-state index in [1.807, 2.05) is 30.0 Å². The molecule has 1 aromatic carbocycles. The second kappa shape index (κ2) is 10.7. The van der Waals surface area contributed by atoms with Crippen molar-refractivity contribution in [3.8, 4) is 0 Å². The fraction of sp³-hybridized carbons (Fsp3) is 0.417. The fourth-order valence-corrected chi connectivity index (χ4v) is 1.94. The molecule has 0 unspecified atom stereocenters. The molecule has 0 fully saturated rings. The smallest absolute Gasteiger partial charge is 0.188 e. The van der Waals surface area contributed by atoms with Gasteiger partial charge in [-0.1, -0.05) is 25.1 Å². The van der Waals surface area contributed by atoms with Crippen LogP contribution in [0.4, 0.5) is 0 Å². The molecule has 96 valence electrons. The third kappa shape index (κ3) is 8.31. The number of nitrogens with two attached hydrogens (primary N) is 1. The molecule has 0 saturated carbocycles. The summed E-state index contributed by atoms with van der Waals surface area (Å²) in [5, 5.41) is 3.09. The maximum absolute atomic E-state index is 5.67. The lowest BCUT2D eigenvalue weighted by Crippen LogP contribution is -2.33. The van der Waals surface area contributed by atoms with Gasteiger partial charge >= 0.3 is 0 Å². The van der Waals surface area contributed by atoms with Crippen LogP contribution in [0.5, 0.6) is 0 Å². The van der Waals surface area contributed by atoms with Crippen molar-refractivity contribution in [2.24, 2.45) is 10.7 Å². The lowest BCUT2D eigenvalue weighted by Gasteiger charge is -2.05. The molecule has 0 aliphatic carbocycles. The third-order valence-electron chi connectivity index (χ3n) is 1.93. The van der Waals surface area contributed by atoms with E-state index in [0.717, 1.165) is 25.3 Å². The summed E-state index contributed by atoms with van der Waals surface area (Å²) in [5.74, 6) is 1.54. The van der Waals surface area contributed by atoms with Crippen LogP contribution in [-0.2, 0) is 0 Å². The van der Waals surface area contributed by atoms with Gasteiger partial charge in [0.1, 0.15) is 0 Å².